The SMILES string of the molecule is COC(=O)c1c(NC(=O)c2cc(SC)ccc2Cl)sc2c1CCCC2. The predicted octanol–water partition coefficient (Wildman–Crippen LogP) is 5.04. The van der Waals surface area contributed by atoms with Crippen molar-refractivity contribution in [2.45, 2.75) is 30.6 Å². The van der Waals surface area contributed by atoms with Gasteiger partial charge in [-0.1, -0.05) is 11.6 Å². The molecule has 7 heteroatoms. The second-order valence-electron chi connectivity index (χ2n) is 5.71. The molecule has 0 saturated heterocycles. The van der Waals surface area contributed by atoms with E-state index >= 15 is 0 Å². The maximum atomic E-state index is 12.7. The van der Waals surface area contributed by atoms with Crippen molar-refractivity contribution in [2.75, 3.05) is 18.7 Å². The second-order valence-corrected chi connectivity index (χ2v) is 8.10. The van der Waals surface area contributed by atoms with Crippen molar-refractivity contribution in [2.24, 2.45) is 0 Å². The van der Waals surface area contributed by atoms with Crippen LogP contribution in [0.25, 0.3) is 0 Å². The molecule has 25 heavy (non-hydrogen) atoms. The maximum Gasteiger partial charge on any atom is 0.341 e. The van der Waals surface area contributed by atoms with Crippen LogP contribution >= 0.6 is 34.7 Å². The summed E-state index contributed by atoms with van der Waals surface area (Å²) in [5.74, 6) is -0.719. The van der Waals surface area contributed by atoms with E-state index in [-0.39, 0.29) is 5.91 Å². The largest absolute Gasteiger partial charge is 0.465 e. The number of aryl methyl sites for hydroxylation is 1. The van der Waals surface area contributed by atoms with Crippen LogP contribution < -0.4 is 5.32 Å². The number of benzene rings is 1. The fourth-order valence-electron chi connectivity index (χ4n) is 2.95. The number of amides is 1. The van der Waals surface area contributed by atoms with Gasteiger partial charge in [-0.05, 0) is 55.7 Å². The summed E-state index contributed by atoms with van der Waals surface area (Å²) in [6.07, 6.45) is 5.86. The minimum absolute atomic E-state index is 0.315. The molecule has 0 saturated carbocycles. The molecule has 0 bridgehead atoms. The number of carbonyl (C=O) groups excluding carboxylic acids is 2. The molecule has 1 aliphatic rings. The number of fused-ring (bicyclic) bond motifs is 1. The third-order valence-corrected chi connectivity index (χ3v) is 6.47. The number of anilines is 1. The zero-order chi connectivity index (χ0) is 18.0. The van der Waals surface area contributed by atoms with Crippen LogP contribution in [-0.4, -0.2) is 25.2 Å². The minimum atomic E-state index is -0.404. The van der Waals surface area contributed by atoms with Crippen molar-refractivity contribution in [1.29, 1.82) is 0 Å². The number of esters is 1. The molecule has 0 unspecified atom stereocenters. The van der Waals surface area contributed by atoms with Gasteiger partial charge in [0.05, 0.1) is 23.3 Å². The lowest BCUT2D eigenvalue weighted by Gasteiger charge is -2.12. The fourth-order valence-corrected chi connectivity index (χ4v) is 4.86. The Balaban J connectivity index is 1.96. The van der Waals surface area contributed by atoms with Gasteiger partial charge in [-0.2, -0.15) is 0 Å². The minimum Gasteiger partial charge on any atom is -0.465 e. The lowest BCUT2D eigenvalue weighted by molar-refractivity contribution is 0.0601. The van der Waals surface area contributed by atoms with E-state index in [1.165, 1.54) is 30.2 Å². The van der Waals surface area contributed by atoms with Crippen molar-refractivity contribution in [3.63, 3.8) is 0 Å². The van der Waals surface area contributed by atoms with Crippen LogP contribution in [0.5, 0.6) is 0 Å². The topological polar surface area (TPSA) is 55.4 Å². The quantitative estimate of drug-likeness (QED) is 0.582. The molecule has 2 aromatic rings. The summed E-state index contributed by atoms with van der Waals surface area (Å²) in [6.45, 7) is 0. The van der Waals surface area contributed by atoms with Crippen LogP contribution in [0.4, 0.5) is 5.00 Å². The van der Waals surface area contributed by atoms with Gasteiger partial charge < -0.3 is 10.1 Å². The van der Waals surface area contributed by atoms with Gasteiger partial charge in [0, 0.05) is 9.77 Å². The zero-order valence-corrected chi connectivity index (χ0v) is 16.4. The first-order chi connectivity index (χ1) is 12.0. The highest BCUT2D eigenvalue weighted by atomic mass is 35.5. The molecule has 1 aromatic carbocycles. The Hall–Kier alpha value is -1.50. The maximum absolute atomic E-state index is 12.7. The van der Waals surface area contributed by atoms with Crippen molar-refractivity contribution in [1.82, 2.24) is 0 Å². The van der Waals surface area contributed by atoms with Crippen LogP contribution in [0.1, 0.15) is 44.0 Å². The van der Waals surface area contributed by atoms with Crippen LogP contribution in [0.2, 0.25) is 5.02 Å². The summed E-state index contributed by atoms with van der Waals surface area (Å²) in [5, 5.41) is 3.81. The molecule has 1 N–H and O–H groups in total. The van der Waals surface area contributed by atoms with E-state index in [9.17, 15) is 9.59 Å². The second kappa shape index (κ2) is 7.81. The summed E-state index contributed by atoms with van der Waals surface area (Å²) >= 11 is 9.19. The average molecular weight is 396 g/mol. The first kappa shape index (κ1) is 18.3. The summed E-state index contributed by atoms with van der Waals surface area (Å²) < 4.78 is 4.94. The third kappa shape index (κ3) is 3.71. The average Bonchev–Trinajstić information content (AvgIpc) is 2.99. The van der Waals surface area contributed by atoms with Gasteiger partial charge in [-0.15, -0.1) is 23.1 Å². The Morgan fingerprint density at radius 1 is 1.28 bits per heavy atom. The highest BCUT2D eigenvalue weighted by Gasteiger charge is 2.27. The summed E-state index contributed by atoms with van der Waals surface area (Å²) in [6, 6.07) is 5.34. The molecular formula is C18H18ClNO3S2. The van der Waals surface area contributed by atoms with Gasteiger partial charge in [0.2, 0.25) is 0 Å². The number of carbonyl (C=O) groups is 2. The van der Waals surface area contributed by atoms with Gasteiger partial charge in [0.15, 0.2) is 0 Å². The first-order valence-electron chi connectivity index (χ1n) is 7.93. The van der Waals surface area contributed by atoms with E-state index < -0.39 is 5.97 Å². The number of thiophene rings is 1. The smallest absolute Gasteiger partial charge is 0.341 e. The number of rotatable bonds is 4. The van der Waals surface area contributed by atoms with E-state index in [0.717, 1.165) is 41.0 Å². The molecule has 1 aromatic heterocycles. The molecule has 1 aliphatic carbocycles. The fraction of sp³-hybridized carbons (Fsp3) is 0.333. The molecule has 132 valence electrons. The standard InChI is InChI=1S/C18H18ClNO3S2/c1-23-18(22)15-11-5-3-4-6-14(11)25-17(15)20-16(21)12-9-10(24-2)7-8-13(12)19/h7-9H,3-6H2,1-2H3,(H,20,21). The molecule has 0 spiro atoms. The van der Waals surface area contributed by atoms with E-state index in [0.29, 0.717) is 21.2 Å². The molecule has 1 amide bonds. The Bertz CT molecular complexity index is 832. The number of ether oxygens (including phenoxy) is 1. The Morgan fingerprint density at radius 2 is 2.04 bits per heavy atom. The van der Waals surface area contributed by atoms with Crippen molar-refractivity contribution >= 4 is 51.6 Å². The van der Waals surface area contributed by atoms with E-state index in [1.54, 1.807) is 12.1 Å². The number of methoxy groups -OCH3 is 1. The van der Waals surface area contributed by atoms with E-state index in [4.69, 9.17) is 16.3 Å². The van der Waals surface area contributed by atoms with Gasteiger partial charge in [0.25, 0.3) is 5.91 Å². The third-order valence-electron chi connectivity index (χ3n) is 4.21. The predicted molar refractivity (Wildman–Crippen MR) is 103 cm³/mol. The van der Waals surface area contributed by atoms with E-state index in [1.807, 2.05) is 12.3 Å². The molecular weight excluding hydrogens is 378 g/mol. The normalized spacial score (nSPS) is 13.2. The zero-order valence-electron chi connectivity index (χ0n) is 14.0. The summed E-state index contributed by atoms with van der Waals surface area (Å²) in [7, 11) is 1.36. The molecule has 1 heterocycles. The van der Waals surface area contributed by atoms with Crippen LogP contribution in [0.15, 0.2) is 23.1 Å². The number of hydrogen-bond acceptors (Lipinski definition) is 5. The lowest BCUT2D eigenvalue weighted by Crippen LogP contribution is -2.15. The number of thioether (sulfide) groups is 1. The van der Waals surface area contributed by atoms with Crippen molar-refractivity contribution in [3.8, 4) is 0 Å². The monoisotopic (exact) mass is 395 g/mol. The highest BCUT2D eigenvalue weighted by molar-refractivity contribution is 7.98. The van der Waals surface area contributed by atoms with Crippen molar-refractivity contribution in [3.05, 3.63) is 44.8 Å². The molecule has 0 aliphatic heterocycles. The first-order valence-corrected chi connectivity index (χ1v) is 10.3. The molecule has 3 rings (SSSR count). The number of hydrogen-bond donors (Lipinski definition) is 1. The number of nitrogens with one attached hydrogen (secondary N) is 1. The lowest BCUT2D eigenvalue weighted by atomic mass is 9.95. The Morgan fingerprint density at radius 3 is 2.76 bits per heavy atom. The molecule has 0 radical (unpaired) electrons. The molecule has 0 atom stereocenters. The van der Waals surface area contributed by atoms with Crippen LogP contribution in [0, 0.1) is 0 Å². The Labute approximate surface area is 159 Å². The molecule has 4 nitrogen and oxygen atoms in total. The van der Waals surface area contributed by atoms with Gasteiger partial charge in [0.1, 0.15) is 5.00 Å². The summed E-state index contributed by atoms with van der Waals surface area (Å²) in [5.41, 5.74) is 1.91. The molecule has 0 fully saturated rings. The van der Waals surface area contributed by atoms with Gasteiger partial charge in [-0.3, -0.25) is 4.79 Å². The van der Waals surface area contributed by atoms with Crippen LogP contribution in [-0.2, 0) is 17.6 Å². The van der Waals surface area contributed by atoms with Gasteiger partial charge >= 0.3 is 5.97 Å². The Kier molecular flexibility index (Phi) is 5.71. The highest BCUT2D eigenvalue weighted by Crippen LogP contribution is 2.39. The van der Waals surface area contributed by atoms with Crippen molar-refractivity contribution < 1.29 is 14.3 Å². The summed E-state index contributed by atoms with van der Waals surface area (Å²) in [4.78, 5) is 27.1. The van der Waals surface area contributed by atoms with Crippen LogP contribution in [0.3, 0.4) is 0 Å². The van der Waals surface area contributed by atoms with E-state index in [2.05, 4.69) is 5.32 Å². The van der Waals surface area contributed by atoms with Gasteiger partial charge in [-0.25, -0.2) is 4.79 Å². The number of halogens is 1.